The van der Waals surface area contributed by atoms with Crippen LogP contribution < -0.4 is 5.73 Å². The molecule has 2 unspecified atom stereocenters. The fourth-order valence-electron chi connectivity index (χ4n) is 2.89. The Kier molecular flexibility index (Phi) is 6.53. The molecule has 0 saturated carbocycles. The van der Waals surface area contributed by atoms with Crippen LogP contribution in [0.2, 0.25) is 0 Å². The minimum atomic E-state index is -0.258. The van der Waals surface area contributed by atoms with Gasteiger partial charge in [-0.2, -0.15) is 0 Å². The molecule has 0 spiro atoms. The maximum absolute atomic E-state index is 6.78. The third-order valence-corrected chi connectivity index (χ3v) is 4.21. The van der Waals surface area contributed by atoms with Crippen LogP contribution in [-0.2, 0) is 5.54 Å². The average Bonchev–Trinajstić information content (AvgIpc) is 2.46. The molecule has 2 nitrogen and oxygen atoms in total. The molecule has 0 heterocycles. The Morgan fingerprint density at radius 3 is 2.00 bits per heavy atom. The minimum Gasteiger partial charge on any atom is -0.320 e. The van der Waals surface area contributed by atoms with Crippen molar-refractivity contribution in [1.29, 1.82) is 0 Å². The molecule has 0 bridgehead atoms. The first-order valence-electron chi connectivity index (χ1n) is 7.68. The number of hydrogen-bond acceptors (Lipinski definition) is 2. The Labute approximate surface area is 119 Å². The predicted octanol–water partition coefficient (Wildman–Crippen LogP) is 3.76. The lowest BCUT2D eigenvalue weighted by Gasteiger charge is -2.42. The van der Waals surface area contributed by atoms with Crippen LogP contribution in [0.25, 0.3) is 0 Å². The van der Waals surface area contributed by atoms with E-state index in [0.717, 1.165) is 19.5 Å². The lowest BCUT2D eigenvalue weighted by Crippen LogP contribution is -2.54. The van der Waals surface area contributed by atoms with E-state index < -0.39 is 0 Å². The quantitative estimate of drug-likeness (QED) is 0.773. The summed E-state index contributed by atoms with van der Waals surface area (Å²) < 4.78 is 0. The highest BCUT2D eigenvalue weighted by Crippen LogP contribution is 2.29. The van der Waals surface area contributed by atoms with Gasteiger partial charge in [-0.05, 0) is 44.8 Å². The van der Waals surface area contributed by atoms with Gasteiger partial charge in [0.05, 0.1) is 5.54 Å². The first-order valence-corrected chi connectivity index (χ1v) is 7.68. The Hall–Kier alpha value is -0.860. The number of benzene rings is 1. The highest BCUT2D eigenvalue weighted by molar-refractivity contribution is 5.26. The minimum absolute atomic E-state index is 0.258. The van der Waals surface area contributed by atoms with Gasteiger partial charge in [0, 0.05) is 6.04 Å². The molecule has 1 rings (SSSR count). The number of hydrogen-bond donors (Lipinski definition) is 1. The molecule has 2 atom stereocenters. The largest absolute Gasteiger partial charge is 0.320 e. The second-order valence-electron chi connectivity index (χ2n) is 5.47. The van der Waals surface area contributed by atoms with Crippen molar-refractivity contribution in [2.24, 2.45) is 5.73 Å². The van der Waals surface area contributed by atoms with E-state index in [4.69, 9.17) is 5.73 Å². The van der Waals surface area contributed by atoms with Crippen LogP contribution in [0.4, 0.5) is 0 Å². The molecule has 2 heteroatoms. The lowest BCUT2D eigenvalue weighted by atomic mass is 9.81. The van der Waals surface area contributed by atoms with Crippen molar-refractivity contribution in [3.63, 3.8) is 0 Å². The predicted molar refractivity (Wildman–Crippen MR) is 84.2 cm³/mol. The molecule has 0 fully saturated rings. The monoisotopic (exact) mass is 262 g/mol. The second kappa shape index (κ2) is 7.66. The van der Waals surface area contributed by atoms with Crippen LogP contribution in [0.15, 0.2) is 30.3 Å². The zero-order valence-corrected chi connectivity index (χ0v) is 13.0. The first kappa shape index (κ1) is 16.2. The van der Waals surface area contributed by atoms with E-state index >= 15 is 0 Å². The van der Waals surface area contributed by atoms with E-state index in [2.05, 4.69) is 62.9 Å². The third-order valence-electron chi connectivity index (χ3n) is 4.21. The summed E-state index contributed by atoms with van der Waals surface area (Å²) in [6, 6.07) is 10.9. The summed E-state index contributed by atoms with van der Waals surface area (Å²) in [5.74, 6) is 0. The summed E-state index contributed by atoms with van der Waals surface area (Å²) in [6.07, 6.45) is 3.32. The van der Waals surface area contributed by atoms with Gasteiger partial charge in [-0.15, -0.1) is 0 Å². The first-order chi connectivity index (χ1) is 9.10. The molecule has 0 aliphatic heterocycles. The van der Waals surface area contributed by atoms with Gasteiger partial charge in [-0.1, -0.05) is 51.1 Å². The van der Waals surface area contributed by atoms with Gasteiger partial charge in [0.1, 0.15) is 0 Å². The van der Waals surface area contributed by atoms with Crippen molar-refractivity contribution in [3.8, 4) is 0 Å². The molecule has 19 heavy (non-hydrogen) atoms. The van der Waals surface area contributed by atoms with Gasteiger partial charge in [-0.3, -0.25) is 4.90 Å². The molecule has 2 N–H and O–H groups in total. The van der Waals surface area contributed by atoms with Gasteiger partial charge in [0.2, 0.25) is 0 Å². The van der Waals surface area contributed by atoms with Crippen LogP contribution >= 0.6 is 0 Å². The van der Waals surface area contributed by atoms with Crippen molar-refractivity contribution < 1.29 is 0 Å². The molecule has 1 aromatic carbocycles. The fourth-order valence-corrected chi connectivity index (χ4v) is 2.89. The van der Waals surface area contributed by atoms with Gasteiger partial charge >= 0.3 is 0 Å². The zero-order chi connectivity index (χ0) is 14.3. The fraction of sp³-hybridized carbons (Fsp3) is 0.647. The smallest absolute Gasteiger partial charge is 0.0561 e. The van der Waals surface area contributed by atoms with E-state index in [1.54, 1.807) is 0 Å². The van der Waals surface area contributed by atoms with E-state index in [1.807, 2.05) is 0 Å². The molecule has 108 valence electrons. The van der Waals surface area contributed by atoms with E-state index in [9.17, 15) is 0 Å². The van der Waals surface area contributed by atoms with E-state index in [1.165, 1.54) is 18.4 Å². The SMILES string of the molecule is CCCN(CCC)C(C)C(N)(CC)c1ccccc1. The highest BCUT2D eigenvalue weighted by Gasteiger charge is 2.35. The molecule has 1 aromatic rings. The van der Waals surface area contributed by atoms with Gasteiger partial charge in [-0.25, -0.2) is 0 Å². The van der Waals surface area contributed by atoms with Crippen LogP contribution in [0.1, 0.15) is 52.5 Å². The van der Waals surface area contributed by atoms with Crippen molar-refractivity contribution in [3.05, 3.63) is 35.9 Å². The van der Waals surface area contributed by atoms with Crippen molar-refractivity contribution in [2.45, 2.75) is 58.5 Å². The molecule has 0 aliphatic rings. The van der Waals surface area contributed by atoms with Crippen molar-refractivity contribution in [1.82, 2.24) is 4.90 Å². The Bertz CT molecular complexity index is 344. The molecule has 0 aliphatic carbocycles. The Balaban J connectivity index is 2.99. The molecule has 0 amide bonds. The van der Waals surface area contributed by atoms with Crippen molar-refractivity contribution >= 4 is 0 Å². The van der Waals surface area contributed by atoms with Crippen LogP contribution in [0, 0.1) is 0 Å². The molecule has 0 aromatic heterocycles. The standard InChI is InChI=1S/C17H30N2/c1-5-13-19(14-6-2)15(4)17(18,7-3)16-11-9-8-10-12-16/h8-12,15H,5-7,13-14,18H2,1-4H3. The Morgan fingerprint density at radius 2 is 1.58 bits per heavy atom. The zero-order valence-electron chi connectivity index (χ0n) is 13.0. The third kappa shape index (κ3) is 3.80. The summed E-state index contributed by atoms with van der Waals surface area (Å²) in [5.41, 5.74) is 7.78. The van der Waals surface area contributed by atoms with Gasteiger partial charge in [0.15, 0.2) is 0 Å². The number of nitrogens with zero attached hydrogens (tertiary/aromatic N) is 1. The number of rotatable bonds is 8. The average molecular weight is 262 g/mol. The topological polar surface area (TPSA) is 29.3 Å². The molecule has 0 radical (unpaired) electrons. The highest BCUT2D eigenvalue weighted by atomic mass is 15.2. The summed E-state index contributed by atoms with van der Waals surface area (Å²) in [4.78, 5) is 2.54. The van der Waals surface area contributed by atoms with Crippen LogP contribution in [-0.4, -0.2) is 24.0 Å². The normalized spacial score (nSPS) is 16.3. The van der Waals surface area contributed by atoms with Gasteiger partial charge in [0.25, 0.3) is 0 Å². The molecular weight excluding hydrogens is 232 g/mol. The van der Waals surface area contributed by atoms with Crippen LogP contribution in [0.3, 0.4) is 0 Å². The summed E-state index contributed by atoms with van der Waals surface area (Å²) in [6.45, 7) is 11.2. The number of nitrogens with two attached hydrogens (primary N) is 1. The summed E-state index contributed by atoms with van der Waals surface area (Å²) in [7, 11) is 0. The van der Waals surface area contributed by atoms with Crippen LogP contribution in [0.5, 0.6) is 0 Å². The molecule has 0 saturated heterocycles. The maximum atomic E-state index is 6.78. The van der Waals surface area contributed by atoms with Crippen molar-refractivity contribution in [2.75, 3.05) is 13.1 Å². The lowest BCUT2D eigenvalue weighted by molar-refractivity contribution is 0.127. The second-order valence-corrected chi connectivity index (χ2v) is 5.47. The van der Waals surface area contributed by atoms with E-state index in [0.29, 0.717) is 6.04 Å². The van der Waals surface area contributed by atoms with E-state index in [-0.39, 0.29) is 5.54 Å². The Morgan fingerprint density at radius 1 is 1.05 bits per heavy atom. The maximum Gasteiger partial charge on any atom is 0.0561 e. The summed E-state index contributed by atoms with van der Waals surface area (Å²) >= 11 is 0. The molecular formula is C17H30N2. The van der Waals surface area contributed by atoms with Gasteiger partial charge < -0.3 is 5.73 Å². The summed E-state index contributed by atoms with van der Waals surface area (Å²) in [5, 5.41) is 0.